The summed E-state index contributed by atoms with van der Waals surface area (Å²) in [6, 6.07) is 7.75. The fourth-order valence-electron chi connectivity index (χ4n) is 4.08. The summed E-state index contributed by atoms with van der Waals surface area (Å²) in [4.78, 5) is 31.1. The molecule has 29 heavy (non-hydrogen) atoms. The Kier molecular flexibility index (Phi) is 6.13. The van der Waals surface area contributed by atoms with Crippen LogP contribution in [-0.4, -0.2) is 26.6 Å². The Hall–Kier alpha value is -2.41. The van der Waals surface area contributed by atoms with Gasteiger partial charge in [0.1, 0.15) is 0 Å². The molecule has 0 fully saturated rings. The van der Waals surface area contributed by atoms with Crippen LogP contribution < -0.4 is 11.0 Å². The number of aromatic nitrogens is 3. The van der Waals surface area contributed by atoms with Crippen LogP contribution >= 0.6 is 11.3 Å². The van der Waals surface area contributed by atoms with Crippen molar-refractivity contribution in [1.82, 2.24) is 19.4 Å². The van der Waals surface area contributed by atoms with Gasteiger partial charge >= 0.3 is 5.69 Å². The molecule has 1 amide bonds. The van der Waals surface area contributed by atoms with Crippen LogP contribution in [0.3, 0.4) is 0 Å². The van der Waals surface area contributed by atoms with Crippen molar-refractivity contribution in [2.24, 2.45) is 0 Å². The number of rotatable bonds is 8. The first-order valence-electron chi connectivity index (χ1n) is 10.6. The van der Waals surface area contributed by atoms with Crippen molar-refractivity contribution in [3.8, 4) is 0 Å². The smallest absolute Gasteiger partial charge is 0.329 e. The van der Waals surface area contributed by atoms with Crippen molar-refractivity contribution < 1.29 is 4.79 Å². The van der Waals surface area contributed by atoms with Crippen LogP contribution in [0.5, 0.6) is 0 Å². The number of carbonyl (C=O) groups is 1. The maximum absolute atomic E-state index is 12.6. The third-order valence-electron chi connectivity index (χ3n) is 5.58. The molecule has 7 heteroatoms. The number of benzene rings is 1. The van der Waals surface area contributed by atoms with Gasteiger partial charge in [-0.1, -0.05) is 12.1 Å². The minimum Gasteiger partial charge on any atom is -0.356 e. The molecule has 2 heterocycles. The van der Waals surface area contributed by atoms with E-state index in [0.29, 0.717) is 26.1 Å². The van der Waals surface area contributed by atoms with Crippen molar-refractivity contribution >= 4 is 28.3 Å². The second-order valence-electron chi connectivity index (χ2n) is 7.56. The zero-order valence-electron chi connectivity index (χ0n) is 16.9. The van der Waals surface area contributed by atoms with Gasteiger partial charge in [0.2, 0.25) is 5.91 Å². The predicted molar refractivity (Wildman–Crippen MR) is 117 cm³/mol. The summed E-state index contributed by atoms with van der Waals surface area (Å²) in [7, 11) is 0. The zero-order valence-corrected chi connectivity index (χ0v) is 17.8. The minimum absolute atomic E-state index is 0.0105. The van der Waals surface area contributed by atoms with Gasteiger partial charge in [0.25, 0.3) is 0 Å². The predicted octanol–water partition coefficient (Wildman–Crippen LogP) is 3.30. The van der Waals surface area contributed by atoms with Crippen LogP contribution in [0.4, 0.5) is 0 Å². The van der Waals surface area contributed by atoms with Gasteiger partial charge in [-0.15, -0.1) is 11.3 Å². The molecule has 1 aliphatic carbocycles. The number of imidazole rings is 1. The summed E-state index contributed by atoms with van der Waals surface area (Å²) in [5, 5.41) is 4.19. The topological polar surface area (TPSA) is 68.9 Å². The van der Waals surface area contributed by atoms with E-state index in [1.54, 1.807) is 9.13 Å². The summed E-state index contributed by atoms with van der Waals surface area (Å²) >= 11 is 1.84. The molecule has 4 rings (SSSR count). The number of hydrogen-bond donors (Lipinski definition) is 1. The Labute approximate surface area is 174 Å². The second-order valence-corrected chi connectivity index (χ2v) is 8.72. The van der Waals surface area contributed by atoms with Crippen molar-refractivity contribution in [2.45, 2.75) is 65.0 Å². The summed E-state index contributed by atoms with van der Waals surface area (Å²) in [6.45, 7) is 3.63. The molecule has 0 saturated heterocycles. The highest BCUT2D eigenvalue weighted by Crippen LogP contribution is 2.27. The SMILES string of the molecule is CCn1c(=O)n(CCC(=O)NCCCc2nc3c(s2)CCCC3)c2ccccc21. The van der Waals surface area contributed by atoms with Crippen LogP contribution in [0.25, 0.3) is 11.0 Å². The van der Waals surface area contributed by atoms with Crippen LogP contribution in [0.1, 0.15) is 48.2 Å². The molecule has 0 spiro atoms. The van der Waals surface area contributed by atoms with Crippen LogP contribution in [0.2, 0.25) is 0 Å². The minimum atomic E-state index is -0.0470. The maximum Gasteiger partial charge on any atom is 0.329 e. The van der Waals surface area contributed by atoms with Gasteiger partial charge in [-0.25, -0.2) is 9.78 Å². The van der Waals surface area contributed by atoms with Gasteiger partial charge in [-0.05, 0) is 51.2 Å². The third kappa shape index (κ3) is 4.29. The van der Waals surface area contributed by atoms with Crippen LogP contribution in [-0.2, 0) is 37.1 Å². The molecule has 0 radical (unpaired) electrons. The molecule has 0 unspecified atom stereocenters. The van der Waals surface area contributed by atoms with E-state index in [1.165, 1.54) is 34.8 Å². The Morgan fingerprint density at radius 2 is 1.93 bits per heavy atom. The molecule has 1 aliphatic rings. The molecule has 6 nitrogen and oxygen atoms in total. The van der Waals surface area contributed by atoms with Crippen molar-refractivity contribution in [1.29, 1.82) is 0 Å². The van der Waals surface area contributed by atoms with E-state index < -0.39 is 0 Å². The fourth-order valence-corrected chi connectivity index (χ4v) is 5.27. The van der Waals surface area contributed by atoms with Gasteiger partial charge in [0, 0.05) is 37.4 Å². The van der Waals surface area contributed by atoms with Crippen molar-refractivity contribution in [3.63, 3.8) is 0 Å². The highest BCUT2D eigenvalue weighted by molar-refractivity contribution is 7.11. The summed E-state index contributed by atoms with van der Waals surface area (Å²) in [6.07, 6.45) is 6.96. The van der Waals surface area contributed by atoms with Crippen LogP contribution in [0.15, 0.2) is 29.1 Å². The van der Waals surface area contributed by atoms with E-state index in [4.69, 9.17) is 4.98 Å². The van der Waals surface area contributed by atoms with E-state index in [9.17, 15) is 9.59 Å². The number of amides is 1. The van der Waals surface area contributed by atoms with E-state index in [2.05, 4.69) is 5.32 Å². The maximum atomic E-state index is 12.6. The standard InChI is InChI=1S/C22H28N4O2S/c1-2-25-17-9-4-5-10-18(17)26(22(25)28)15-13-20(27)23-14-7-12-21-24-16-8-3-6-11-19(16)29-21/h4-5,9-10H,2-3,6-8,11-15H2,1H3,(H,23,27). The lowest BCUT2D eigenvalue weighted by Crippen LogP contribution is -2.29. The average molecular weight is 413 g/mol. The van der Waals surface area contributed by atoms with E-state index in [1.807, 2.05) is 42.5 Å². The van der Waals surface area contributed by atoms with Gasteiger partial charge in [-0.2, -0.15) is 0 Å². The second kappa shape index (κ2) is 8.95. The molecule has 1 N–H and O–H groups in total. The molecule has 2 aromatic heterocycles. The lowest BCUT2D eigenvalue weighted by Gasteiger charge is -2.06. The van der Waals surface area contributed by atoms with Gasteiger partial charge in [0.15, 0.2) is 0 Å². The molecule has 154 valence electrons. The zero-order chi connectivity index (χ0) is 20.2. The monoisotopic (exact) mass is 412 g/mol. The summed E-state index contributed by atoms with van der Waals surface area (Å²) in [5.41, 5.74) is 3.07. The van der Waals surface area contributed by atoms with E-state index >= 15 is 0 Å². The van der Waals surface area contributed by atoms with E-state index in [-0.39, 0.29) is 11.6 Å². The third-order valence-corrected chi connectivity index (χ3v) is 6.80. The molecule has 0 bridgehead atoms. The first kappa shape index (κ1) is 19.9. The average Bonchev–Trinajstić information content (AvgIpc) is 3.27. The Morgan fingerprint density at radius 1 is 1.17 bits per heavy atom. The number of aryl methyl sites for hydroxylation is 5. The molecule has 0 saturated carbocycles. The highest BCUT2D eigenvalue weighted by Gasteiger charge is 2.15. The highest BCUT2D eigenvalue weighted by atomic mass is 32.1. The Morgan fingerprint density at radius 3 is 2.69 bits per heavy atom. The number of para-hydroxylation sites is 2. The Balaban J connectivity index is 1.26. The van der Waals surface area contributed by atoms with Gasteiger partial charge < -0.3 is 5.32 Å². The largest absolute Gasteiger partial charge is 0.356 e. The lowest BCUT2D eigenvalue weighted by molar-refractivity contribution is -0.121. The summed E-state index contributed by atoms with van der Waals surface area (Å²) in [5.74, 6) is -0.0105. The first-order chi connectivity index (χ1) is 14.2. The lowest BCUT2D eigenvalue weighted by atomic mass is 10.0. The normalized spacial score (nSPS) is 13.6. The Bertz CT molecular complexity index is 1040. The van der Waals surface area contributed by atoms with Gasteiger partial charge in [0.05, 0.1) is 21.7 Å². The molecule has 0 atom stereocenters. The van der Waals surface area contributed by atoms with E-state index in [0.717, 1.165) is 30.3 Å². The molecule has 1 aromatic carbocycles. The molecular formula is C22H28N4O2S. The number of nitrogens with zero attached hydrogens (tertiary/aromatic N) is 3. The summed E-state index contributed by atoms with van der Waals surface area (Å²) < 4.78 is 3.46. The number of nitrogens with one attached hydrogen (secondary N) is 1. The fraction of sp³-hybridized carbons (Fsp3) is 0.500. The van der Waals surface area contributed by atoms with Crippen molar-refractivity contribution in [2.75, 3.05) is 6.54 Å². The molecule has 3 aromatic rings. The molecule has 0 aliphatic heterocycles. The van der Waals surface area contributed by atoms with Gasteiger partial charge in [-0.3, -0.25) is 13.9 Å². The number of carbonyl (C=O) groups excluding carboxylic acids is 1. The molecular weight excluding hydrogens is 384 g/mol. The number of thiazole rings is 1. The first-order valence-corrected chi connectivity index (χ1v) is 11.4. The quantitative estimate of drug-likeness (QED) is 0.577. The number of fused-ring (bicyclic) bond motifs is 2. The van der Waals surface area contributed by atoms with Crippen LogP contribution in [0, 0.1) is 0 Å². The number of hydrogen-bond acceptors (Lipinski definition) is 4. The van der Waals surface area contributed by atoms with Crippen molar-refractivity contribution in [3.05, 3.63) is 50.3 Å².